The third kappa shape index (κ3) is 3.39. The van der Waals surface area contributed by atoms with Gasteiger partial charge >= 0.3 is 0 Å². The summed E-state index contributed by atoms with van der Waals surface area (Å²) in [6.07, 6.45) is 0.545. The number of methoxy groups -OCH3 is 2. The van der Waals surface area contributed by atoms with Gasteiger partial charge < -0.3 is 14.8 Å². The molecule has 118 valence electrons. The summed E-state index contributed by atoms with van der Waals surface area (Å²) in [5.74, 6) is 0.813. The van der Waals surface area contributed by atoms with Gasteiger partial charge in [-0.2, -0.15) is 0 Å². The summed E-state index contributed by atoms with van der Waals surface area (Å²) < 4.78 is 35.3. The molecule has 1 aromatic carbocycles. The van der Waals surface area contributed by atoms with Crippen LogP contribution in [0.2, 0.25) is 0 Å². The predicted molar refractivity (Wildman–Crippen MR) is 82.6 cm³/mol. The van der Waals surface area contributed by atoms with Crippen molar-refractivity contribution in [3.05, 3.63) is 29.3 Å². The van der Waals surface area contributed by atoms with E-state index in [0.29, 0.717) is 6.42 Å². The van der Waals surface area contributed by atoms with Gasteiger partial charge in [-0.3, -0.25) is 0 Å². The second-order valence-electron chi connectivity index (χ2n) is 5.20. The summed E-state index contributed by atoms with van der Waals surface area (Å²) in [5, 5.41) is 2.87. The molecule has 0 aliphatic heterocycles. The van der Waals surface area contributed by atoms with Crippen molar-refractivity contribution in [2.45, 2.75) is 24.6 Å². The van der Waals surface area contributed by atoms with Gasteiger partial charge in [0.2, 0.25) is 0 Å². The maximum Gasteiger partial charge on any atom is 0.157 e. The van der Waals surface area contributed by atoms with Crippen molar-refractivity contribution in [3.8, 4) is 5.75 Å². The molecule has 0 aromatic heterocycles. The van der Waals surface area contributed by atoms with Crippen LogP contribution >= 0.6 is 0 Å². The molecule has 1 aliphatic rings. The molecule has 0 spiro atoms. The zero-order valence-corrected chi connectivity index (χ0v) is 13.6. The summed E-state index contributed by atoms with van der Waals surface area (Å²) in [6.45, 7) is 2.94. The van der Waals surface area contributed by atoms with Gasteiger partial charge in [0.25, 0.3) is 0 Å². The molecule has 0 saturated heterocycles. The highest BCUT2D eigenvalue weighted by Gasteiger charge is 2.40. The van der Waals surface area contributed by atoms with Crippen molar-refractivity contribution < 1.29 is 17.9 Å². The van der Waals surface area contributed by atoms with Crippen molar-refractivity contribution in [2.24, 2.45) is 0 Å². The Morgan fingerprint density at radius 1 is 1.33 bits per heavy atom. The van der Waals surface area contributed by atoms with Crippen LogP contribution in [0.5, 0.6) is 5.75 Å². The molecule has 0 heterocycles. The molecule has 0 fully saturated rings. The van der Waals surface area contributed by atoms with E-state index in [2.05, 4.69) is 5.32 Å². The minimum absolute atomic E-state index is 0.0567. The molecule has 1 N–H and O–H groups in total. The van der Waals surface area contributed by atoms with Crippen molar-refractivity contribution in [2.75, 3.05) is 33.1 Å². The fraction of sp³-hybridized carbons (Fsp3) is 0.600. The van der Waals surface area contributed by atoms with E-state index in [0.717, 1.165) is 23.4 Å². The lowest BCUT2D eigenvalue weighted by atomic mass is 10.1. The summed E-state index contributed by atoms with van der Waals surface area (Å²) in [5.41, 5.74) is 2.11. The molecule has 0 saturated carbocycles. The molecular weight excluding hydrogens is 290 g/mol. The Morgan fingerprint density at radius 2 is 2.10 bits per heavy atom. The quantitative estimate of drug-likeness (QED) is 0.823. The van der Waals surface area contributed by atoms with E-state index in [1.165, 1.54) is 7.11 Å². The maximum absolute atomic E-state index is 12.5. The van der Waals surface area contributed by atoms with Crippen molar-refractivity contribution >= 4 is 9.84 Å². The van der Waals surface area contributed by atoms with Gasteiger partial charge in [-0.05, 0) is 36.2 Å². The number of fused-ring (bicyclic) bond motifs is 1. The molecule has 2 atom stereocenters. The van der Waals surface area contributed by atoms with E-state index in [1.54, 1.807) is 7.11 Å². The summed E-state index contributed by atoms with van der Waals surface area (Å²) in [4.78, 5) is 0. The Balaban J connectivity index is 2.33. The second-order valence-corrected chi connectivity index (χ2v) is 7.54. The highest BCUT2D eigenvalue weighted by atomic mass is 32.2. The number of sulfone groups is 1. The van der Waals surface area contributed by atoms with Gasteiger partial charge in [0.05, 0.1) is 24.7 Å². The van der Waals surface area contributed by atoms with Crippen LogP contribution < -0.4 is 10.1 Å². The molecule has 0 radical (unpaired) electrons. The third-order valence-electron chi connectivity index (χ3n) is 3.94. The fourth-order valence-corrected chi connectivity index (χ4v) is 4.65. The fourth-order valence-electron chi connectivity index (χ4n) is 2.86. The number of nitrogens with one attached hydrogen (secondary N) is 1. The minimum Gasteiger partial charge on any atom is -0.497 e. The monoisotopic (exact) mass is 313 g/mol. The largest absolute Gasteiger partial charge is 0.497 e. The average Bonchev–Trinajstić information content (AvgIpc) is 2.84. The lowest BCUT2D eigenvalue weighted by molar-refractivity contribution is 0.216. The standard InChI is InChI=1S/C15H23NO4S/c1-4-16-15-13-10-12(20-3)6-5-11(13)9-14(15)21(17,18)8-7-19-2/h5-6,10,14-16H,4,7-9H2,1-3H3. The molecule has 0 amide bonds. The molecule has 1 aromatic rings. The van der Waals surface area contributed by atoms with Crippen LogP contribution in [0, 0.1) is 0 Å². The van der Waals surface area contributed by atoms with Crippen molar-refractivity contribution in [3.63, 3.8) is 0 Å². The number of ether oxygens (including phenoxy) is 2. The van der Waals surface area contributed by atoms with Gasteiger partial charge in [0.15, 0.2) is 9.84 Å². The molecule has 2 rings (SSSR count). The number of rotatable bonds is 7. The zero-order valence-electron chi connectivity index (χ0n) is 12.8. The van der Waals surface area contributed by atoms with Gasteiger partial charge in [-0.15, -0.1) is 0 Å². The van der Waals surface area contributed by atoms with Gasteiger partial charge in [0.1, 0.15) is 5.75 Å². The highest BCUT2D eigenvalue weighted by Crippen LogP contribution is 2.37. The number of benzene rings is 1. The average molecular weight is 313 g/mol. The van der Waals surface area contributed by atoms with Gasteiger partial charge in [0, 0.05) is 13.2 Å². The van der Waals surface area contributed by atoms with E-state index in [9.17, 15) is 8.42 Å². The summed E-state index contributed by atoms with van der Waals surface area (Å²) in [6, 6.07) is 5.60. The van der Waals surface area contributed by atoms with Crippen LogP contribution in [0.15, 0.2) is 18.2 Å². The molecule has 1 aliphatic carbocycles. The Morgan fingerprint density at radius 3 is 2.71 bits per heavy atom. The summed E-state index contributed by atoms with van der Waals surface area (Å²) in [7, 11) is -0.0729. The predicted octanol–water partition coefficient (Wildman–Crippen LogP) is 1.33. The maximum atomic E-state index is 12.5. The van der Waals surface area contributed by atoms with E-state index >= 15 is 0 Å². The van der Waals surface area contributed by atoms with E-state index < -0.39 is 15.1 Å². The van der Waals surface area contributed by atoms with Crippen molar-refractivity contribution in [1.82, 2.24) is 5.32 Å². The molecule has 6 heteroatoms. The van der Waals surface area contributed by atoms with E-state index in [-0.39, 0.29) is 18.4 Å². The first-order chi connectivity index (χ1) is 10.0. The lowest BCUT2D eigenvalue weighted by Gasteiger charge is -2.21. The van der Waals surface area contributed by atoms with Crippen LogP contribution in [-0.4, -0.2) is 46.8 Å². The molecular formula is C15H23NO4S. The van der Waals surface area contributed by atoms with Gasteiger partial charge in [-0.25, -0.2) is 8.42 Å². The summed E-state index contributed by atoms with van der Waals surface area (Å²) >= 11 is 0. The Kier molecular flexibility index (Phi) is 5.24. The Hall–Kier alpha value is -1.11. The minimum atomic E-state index is -3.21. The first kappa shape index (κ1) is 16.3. The Labute approximate surface area is 126 Å². The number of hydrogen-bond donors (Lipinski definition) is 1. The second kappa shape index (κ2) is 6.77. The molecule has 0 bridgehead atoms. The molecule has 2 unspecified atom stereocenters. The first-order valence-electron chi connectivity index (χ1n) is 7.14. The first-order valence-corrected chi connectivity index (χ1v) is 8.85. The van der Waals surface area contributed by atoms with Crippen LogP contribution in [0.3, 0.4) is 0 Å². The Bertz CT molecular complexity index is 585. The van der Waals surface area contributed by atoms with Crippen LogP contribution in [0.4, 0.5) is 0 Å². The molecule has 21 heavy (non-hydrogen) atoms. The van der Waals surface area contributed by atoms with E-state index in [4.69, 9.17) is 9.47 Å². The van der Waals surface area contributed by atoms with Crippen LogP contribution in [-0.2, 0) is 21.0 Å². The topological polar surface area (TPSA) is 64.6 Å². The highest BCUT2D eigenvalue weighted by molar-refractivity contribution is 7.92. The zero-order chi connectivity index (χ0) is 15.5. The van der Waals surface area contributed by atoms with Crippen LogP contribution in [0.25, 0.3) is 0 Å². The SMILES string of the molecule is CCNC1c2cc(OC)ccc2CC1S(=O)(=O)CCOC. The van der Waals surface area contributed by atoms with Gasteiger partial charge in [-0.1, -0.05) is 13.0 Å². The van der Waals surface area contributed by atoms with Crippen molar-refractivity contribution in [1.29, 1.82) is 0 Å². The van der Waals surface area contributed by atoms with E-state index in [1.807, 2.05) is 25.1 Å². The van der Waals surface area contributed by atoms with Crippen LogP contribution in [0.1, 0.15) is 24.1 Å². The number of hydrogen-bond acceptors (Lipinski definition) is 5. The normalized spacial score (nSPS) is 21.3. The lowest BCUT2D eigenvalue weighted by Crippen LogP contribution is -2.36. The smallest absolute Gasteiger partial charge is 0.157 e. The third-order valence-corrected chi connectivity index (χ3v) is 6.04. The molecule has 5 nitrogen and oxygen atoms in total.